The summed E-state index contributed by atoms with van der Waals surface area (Å²) in [7, 11) is -3.33. The third-order valence-electron chi connectivity index (χ3n) is 6.05. The molecule has 1 aliphatic carbocycles. The second-order valence-corrected chi connectivity index (χ2v) is 10.3. The van der Waals surface area contributed by atoms with Crippen molar-refractivity contribution in [3.8, 4) is 0 Å². The number of rotatable bonds is 4. The third kappa shape index (κ3) is 3.57. The zero-order chi connectivity index (χ0) is 19.0. The van der Waals surface area contributed by atoms with Crippen molar-refractivity contribution >= 4 is 21.4 Å². The lowest BCUT2D eigenvalue weighted by molar-refractivity contribution is 0.265. The van der Waals surface area contributed by atoms with Crippen LogP contribution >= 0.6 is 0 Å². The topological polar surface area (TPSA) is 58.2 Å². The van der Waals surface area contributed by atoms with Crippen LogP contribution in [0.15, 0.2) is 48.5 Å². The highest BCUT2D eigenvalue weighted by Crippen LogP contribution is 2.51. The average Bonchev–Trinajstić information content (AvgIpc) is 2.68. The molecular formula is C22H28N2O2S. The first-order valence-electron chi connectivity index (χ1n) is 9.93. The average molecular weight is 385 g/mol. The van der Waals surface area contributed by atoms with Gasteiger partial charge in [-0.15, -0.1) is 0 Å². The maximum absolute atomic E-state index is 12.3. The molecule has 2 aromatic carbocycles. The number of nitrogens with one attached hydrogen (secondary N) is 2. The quantitative estimate of drug-likeness (QED) is 0.754. The van der Waals surface area contributed by atoms with Gasteiger partial charge in [0, 0.05) is 11.4 Å². The van der Waals surface area contributed by atoms with Gasteiger partial charge in [0.2, 0.25) is 10.0 Å². The van der Waals surface area contributed by atoms with Crippen molar-refractivity contribution in [1.82, 2.24) is 0 Å². The Labute approximate surface area is 162 Å². The SMILES string of the molecule is CC(C)S(=O)(=O)Nc1ccc2c(c1)C1CCCCC1C(c1ccccc1)N2. The maximum atomic E-state index is 12.3. The van der Waals surface area contributed by atoms with Gasteiger partial charge >= 0.3 is 0 Å². The molecule has 3 unspecified atom stereocenters. The van der Waals surface area contributed by atoms with E-state index in [4.69, 9.17) is 0 Å². The van der Waals surface area contributed by atoms with E-state index in [2.05, 4.69) is 40.4 Å². The van der Waals surface area contributed by atoms with Crippen molar-refractivity contribution < 1.29 is 8.42 Å². The number of fused-ring (bicyclic) bond motifs is 3. The molecular weight excluding hydrogens is 356 g/mol. The normalized spacial score (nSPS) is 24.6. The van der Waals surface area contributed by atoms with Gasteiger partial charge in [0.25, 0.3) is 0 Å². The minimum atomic E-state index is -3.33. The minimum absolute atomic E-state index is 0.321. The highest BCUT2D eigenvalue weighted by atomic mass is 32.2. The fraction of sp³-hybridized carbons (Fsp3) is 0.455. The fourth-order valence-electron chi connectivity index (χ4n) is 4.56. The van der Waals surface area contributed by atoms with Gasteiger partial charge < -0.3 is 5.32 Å². The Morgan fingerprint density at radius 1 is 1.04 bits per heavy atom. The van der Waals surface area contributed by atoms with Crippen LogP contribution in [0.1, 0.15) is 62.6 Å². The molecule has 2 N–H and O–H groups in total. The van der Waals surface area contributed by atoms with Crippen molar-refractivity contribution in [2.24, 2.45) is 5.92 Å². The molecule has 1 fully saturated rings. The summed E-state index contributed by atoms with van der Waals surface area (Å²) in [5.41, 5.74) is 4.41. The molecule has 0 radical (unpaired) electrons. The first-order chi connectivity index (χ1) is 13.0. The Morgan fingerprint density at radius 3 is 2.52 bits per heavy atom. The molecule has 5 heteroatoms. The molecule has 1 aliphatic heterocycles. The summed E-state index contributed by atoms with van der Waals surface area (Å²) < 4.78 is 27.3. The molecule has 0 aromatic heterocycles. The van der Waals surface area contributed by atoms with E-state index < -0.39 is 15.3 Å². The molecule has 144 valence electrons. The lowest BCUT2D eigenvalue weighted by Gasteiger charge is -2.44. The predicted molar refractivity (Wildman–Crippen MR) is 112 cm³/mol. The molecule has 4 nitrogen and oxygen atoms in total. The van der Waals surface area contributed by atoms with Crippen LogP contribution in [0.5, 0.6) is 0 Å². The predicted octanol–water partition coefficient (Wildman–Crippen LogP) is 5.28. The zero-order valence-corrected chi connectivity index (χ0v) is 16.8. The second kappa shape index (κ2) is 7.19. The van der Waals surface area contributed by atoms with Crippen LogP contribution in [0.25, 0.3) is 0 Å². The van der Waals surface area contributed by atoms with E-state index in [1.165, 1.54) is 36.8 Å². The summed E-state index contributed by atoms with van der Waals surface area (Å²) in [4.78, 5) is 0. The molecule has 0 spiro atoms. The standard InChI is InChI=1S/C22H28N2O2S/c1-15(2)27(25,26)24-17-12-13-21-20(14-17)18-10-6-7-11-19(18)22(23-21)16-8-4-3-5-9-16/h3-5,8-9,12-15,18-19,22-24H,6-7,10-11H2,1-2H3. The Kier molecular flexibility index (Phi) is 4.89. The molecule has 2 aromatic rings. The first kappa shape index (κ1) is 18.4. The Hall–Kier alpha value is -2.01. The van der Waals surface area contributed by atoms with Crippen molar-refractivity contribution in [2.45, 2.75) is 56.7 Å². The lowest BCUT2D eigenvalue weighted by Crippen LogP contribution is -2.34. The molecule has 1 saturated carbocycles. The molecule has 2 aliphatic rings. The lowest BCUT2D eigenvalue weighted by atomic mass is 9.68. The van der Waals surface area contributed by atoms with Crippen LogP contribution < -0.4 is 10.0 Å². The largest absolute Gasteiger partial charge is 0.378 e. The summed E-state index contributed by atoms with van der Waals surface area (Å²) in [5, 5.41) is 3.30. The van der Waals surface area contributed by atoms with Crippen LogP contribution in [0.4, 0.5) is 11.4 Å². The van der Waals surface area contributed by atoms with E-state index in [0.29, 0.717) is 23.6 Å². The van der Waals surface area contributed by atoms with E-state index in [0.717, 1.165) is 5.69 Å². The van der Waals surface area contributed by atoms with E-state index in [-0.39, 0.29) is 0 Å². The van der Waals surface area contributed by atoms with E-state index in [9.17, 15) is 8.42 Å². The van der Waals surface area contributed by atoms with Crippen LogP contribution in [-0.2, 0) is 10.0 Å². The smallest absolute Gasteiger partial charge is 0.235 e. The van der Waals surface area contributed by atoms with Crippen molar-refractivity contribution in [1.29, 1.82) is 0 Å². The van der Waals surface area contributed by atoms with Gasteiger partial charge in [-0.2, -0.15) is 0 Å². The van der Waals surface area contributed by atoms with Crippen molar-refractivity contribution in [2.75, 3.05) is 10.0 Å². The van der Waals surface area contributed by atoms with Gasteiger partial charge in [0.05, 0.1) is 11.3 Å². The van der Waals surface area contributed by atoms with Crippen molar-refractivity contribution in [3.05, 3.63) is 59.7 Å². The van der Waals surface area contributed by atoms with E-state index in [1.807, 2.05) is 18.2 Å². The molecule has 4 rings (SSSR count). The number of sulfonamides is 1. The van der Waals surface area contributed by atoms with Gasteiger partial charge in [-0.1, -0.05) is 43.2 Å². The molecule has 3 atom stereocenters. The highest BCUT2D eigenvalue weighted by Gasteiger charge is 2.38. The first-order valence-corrected chi connectivity index (χ1v) is 11.5. The Morgan fingerprint density at radius 2 is 1.78 bits per heavy atom. The molecule has 1 heterocycles. The van der Waals surface area contributed by atoms with Crippen LogP contribution in [0.3, 0.4) is 0 Å². The summed E-state index contributed by atoms with van der Waals surface area (Å²) in [6, 6.07) is 17.0. The fourth-order valence-corrected chi connectivity index (χ4v) is 5.25. The Balaban J connectivity index is 1.70. The van der Waals surface area contributed by atoms with Crippen molar-refractivity contribution in [3.63, 3.8) is 0 Å². The highest BCUT2D eigenvalue weighted by molar-refractivity contribution is 7.93. The molecule has 0 bridgehead atoms. The maximum Gasteiger partial charge on any atom is 0.235 e. The number of hydrogen-bond donors (Lipinski definition) is 2. The zero-order valence-electron chi connectivity index (χ0n) is 16.0. The number of benzene rings is 2. The Bertz CT molecular complexity index is 909. The van der Waals surface area contributed by atoms with Gasteiger partial charge in [-0.25, -0.2) is 8.42 Å². The minimum Gasteiger partial charge on any atom is -0.378 e. The molecule has 0 saturated heterocycles. The summed E-state index contributed by atoms with van der Waals surface area (Å²) in [6.07, 6.45) is 4.88. The monoisotopic (exact) mass is 384 g/mol. The number of hydrogen-bond acceptors (Lipinski definition) is 3. The van der Waals surface area contributed by atoms with Crippen LogP contribution in [-0.4, -0.2) is 13.7 Å². The van der Waals surface area contributed by atoms with Gasteiger partial charge in [0.15, 0.2) is 0 Å². The molecule has 0 amide bonds. The summed E-state index contributed by atoms with van der Waals surface area (Å²) >= 11 is 0. The molecule has 27 heavy (non-hydrogen) atoms. The second-order valence-electron chi connectivity index (χ2n) is 8.09. The summed E-state index contributed by atoms with van der Waals surface area (Å²) in [6.45, 7) is 3.40. The van der Waals surface area contributed by atoms with E-state index >= 15 is 0 Å². The van der Waals surface area contributed by atoms with Gasteiger partial charge in [0.1, 0.15) is 0 Å². The van der Waals surface area contributed by atoms with Gasteiger partial charge in [-0.05, 0) is 67.9 Å². The van der Waals surface area contributed by atoms with Crippen LogP contribution in [0, 0.1) is 5.92 Å². The third-order valence-corrected chi connectivity index (χ3v) is 7.81. The van der Waals surface area contributed by atoms with E-state index in [1.54, 1.807) is 13.8 Å². The summed E-state index contributed by atoms with van der Waals surface area (Å²) in [5.74, 6) is 1.02. The number of anilines is 2. The van der Waals surface area contributed by atoms with Gasteiger partial charge in [-0.3, -0.25) is 4.72 Å². The van der Waals surface area contributed by atoms with Crippen LogP contribution in [0.2, 0.25) is 0 Å².